The lowest BCUT2D eigenvalue weighted by Gasteiger charge is -2.16. The SMILES string of the molecule is CCOc1cc(/C=C2\SC(=S)N(CC)C2=O)cc(Cl)c1OC(C)C. The Morgan fingerprint density at radius 2 is 2.08 bits per heavy atom. The number of amides is 1. The van der Waals surface area contributed by atoms with Crippen LogP contribution < -0.4 is 9.47 Å². The van der Waals surface area contributed by atoms with Crippen molar-refractivity contribution in [1.29, 1.82) is 0 Å². The monoisotopic (exact) mass is 385 g/mol. The molecule has 1 saturated heterocycles. The third-order valence-electron chi connectivity index (χ3n) is 3.17. The minimum absolute atomic E-state index is 0.0200. The Morgan fingerprint density at radius 1 is 1.38 bits per heavy atom. The van der Waals surface area contributed by atoms with Crippen LogP contribution in [0.1, 0.15) is 33.3 Å². The summed E-state index contributed by atoms with van der Waals surface area (Å²) in [5.41, 5.74) is 0.774. The van der Waals surface area contributed by atoms with Crippen molar-refractivity contribution in [3.63, 3.8) is 0 Å². The molecule has 1 aromatic carbocycles. The number of ether oxygens (including phenoxy) is 2. The van der Waals surface area contributed by atoms with E-state index < -0.39 is 0 Å². The van der Waals surface area contributed by atoms with E-state index in [0.29, 0.717) is 38.9 Å². The number of carbonyl (C=O) groups excluding carboxylic acids is 1. The van der Waals surface area contributed by atoms with Crippen LogP contribution in [-0.2, 0) is 4.79 Å². The normalized spacial score (nSPS) is 16.4. The Bertz CT molecular complexity index is 689. The lowest BCUT2D eigenvalue weighted by Crippen LogP contribution is -2.27. The van der Waals surface area contributed by atoms with Gasteiger partial charge in [-0.3, -0.25) is 9.69 Å². The van der Waals surface area contributed by atoms with Crippen molar-refractivity contribution in [1.82, 2.24) is 4.90 Å². The van der Waals surface area contributed by atoms with Gasteiger partial charge in [-0.05, 0) is 51.5 Å². The highest BCUT2D eigenvalue weighted by molar-refractivity contribution is 8.26. The number of thioether (sulfide) groups is 1. The van der Waals surface area contributed by atoms with E-state index in [9.17, 15) is 4.79 Å². The van der Waals surface area contributed by atoms with Crippen LogP contribution in [0, 0.1) is 0 Å². The highest BCUT2D eigenvalue weighted by atomic mass is 35.5. The van der Waals surface area contributed by atoms with Gasteiger partial charge >= 0.3 is 0 Å². The number of rotatable bonds is 6. The molecule has 7 heteroatoms. The minimum Gasteiger partial charge on any atom is -0.490 e. The summed E-state index contributed by atoms with van der Waals surface area (Å²) in [6, 6.07) is 3.59. The molecule has 1 aromatic rings. The van der Waals surface area contributed by atoms with E-state index in [1.807, 2.05) is 33.8 Å². The molecule has 0 bridgehead atoms. The van der Waals surface area contributed by atoms with Crippen molar-refractivity contribution >= 4 is 51.9 Å². The number of hydrogen-bond donors (Lipinski definition) is 0. The fourth-order valence-electron chi connectivity index (χ4n) is 2.21. The van der Waals surface area contributed by atoms with E-state index in [4.69, 9.17) is 33.3 Å². The maximum atomic E-state index is 12.3. The lowest BCUT2D eigenvalue weighted by molar-refractivity contribution is -0.121. The van der Waals surface area contributed by atoms with Gasteiger partial charge in [0, 0.05) is 6.54 Å². The van der Waals surface area contributed by atoms with E-state index >= 15 is 0 Å². The molecule has 0 atom stereocenters. The number of likely N-dealkylation sites (N-methyl/N-ethyl adjacent to an activating group) is 1. The Hall–Kier alpha value is -1.24. The van der Waals surface area contributed by atoms with Crippen molar-refractivity contribution < 1.29 is 14.3 Å². The van der Waals surface area contributed by atoms with Gasteiger partial charge in [0.05, 0.1) is 22.6 Å². The molecule has 1 fully saturated rings. The molecule has 1 heterocycles. The summed E-state index contributed by atoms with van der Waals surface area (Å²) in [5, 5.41) is 0.451. The fourth-order valence-corrected chi connectivity index (χ4v) is 3.86. The molecular formula is C17H20ClNO3S2. The quantitative estimate of drug-likeness (QED) is 0.522. The molecule has 0 unspecified atom stereocenters. The molecule has 1 amide bonds. The molecule has 0 spiro atoms. The molecule has 0 aliphatic carbocycles. The van der Waals surface area contributed by atoms with Crippen molar-refractivity contribution in [2.75, 3.05) is 13.2 Å². The molecule has 1 aliphatic heterocycles. The summed E-state index contributed by atoms with van der Waals surface area (Å²) >= 11 is 12.9. The number of halogens is 1. The predicted molar refractivity (Wildman–Crippen MR) is 104 cm³/mol. The maximum absolute atomic E-state index is 12.3. The zero-order valence-corrected chi connectivity index (χ0v) is 16.5. The highest BCUT2D eigenvalue weighted by Gasteiger charge is 2.30. The summed E-state index contributed by atoms with van der Waals surface area (Å²) in [4.78, 5) is 14.5. The van der Waals surface area contributed by atoms with Gasteiger partial charge in [-0.1, -0.05) is 35.6 Å². The molecule has 0 aromatic heterocycles. The highest BCUT2D eigenvalue weighted by Crippen LogP contribution is 2.39. The van der Waals surface area contributed by atoms with Crippen molar-refractivity contribution in [2.24, 2.45) is 0 Å². The van der Waals surface area contributed by atoms with Crippen molar-refractivity contribution in [2.45, 2.75) is 33.8 Å². The first-order chi connectivity index (χ1) is 11.4. The van der Waals surface area contributed by atoms with Gasteiger partial charge < -0.3 is 9.47 Å². The summed E-state index contributed by atoms with van der Waals surface area (Å²) in [6.07, 6.45) is 1.76. The molecule has 0 radical (unpaired) electrons. The number of carbonyl (C=O) groups is 1. The van der Waals surface area contributed by atoms with Gasteiger partial charge in [0.25, 0.3) is 5.91 Å². The fraction of sp³-hybridized carbons (Fsp3) is 0.412. The van der Waals surface area contributed by atoms with Gasteiger partial charge in [-0.25, -0.2) is 0 Å². The topological polar surface area (TPSA) is 38.8 Å². The van der Waals surface area contributed by atoms with E-state index in [-0.39, 0.29) is 12.0 Å². The second-order valence-corrected chi connectivity index (χ2v) is 7.44. The van der Waals surface area contributed by atoms with Gasteiger partial charge in [0.2, 0.25) is 0 Å². The lowest BCUT2D eigenvalue weighted by atomic mass is 10.1. The van der Waals surface area contributed by atoms with Crippen LogP contribution in [0.15, 0.2) is 17.0 Å². The summed E-state index contributed by atoms with van der Waals surface area (Å²) in [6.45, 7) is 8.70. The van der Waals surface area contributed by atoms with Gasteiger partial charge in [0.15, 0.2) is 11.5 Å². The Balaban J connectivity index is 2.40. The Morgan fingerprint density at radius 3 is 2.62 bits per heavy atom. The second kappa shape index (κ2) is 8.23. The van der Waals surface area contributed by atoms with Crippen LogP contribution in [0.2, 0.25) is 5.02 Å². The summed E-state index contributed by atoms with van der Waals surface area (Å²) in [7, 11) is 0. The van der Waals surface area contributed by atoms with Gasteiger partial charge in [-0.2, -0.15) is 0 Å². The first kappa shape index (κ1) is 19.1. The molecule has 0 N–H and O–H groups in total. The minimum atomic E-state index is -0.0795. The number of thiocarbonyl (C=S) groups is 1. The van der Waals surface area contributed by atoms with E-state index in [1.54, 1.807) is 17.0 Å². The molecule has 0 saturated carbocycles. The molecule has 130 valence electrons. The summed E-state index contributed by atoms with van der Waals surface area (Å²) in [5.74, 6) is 1.01. The third kappa shape index (κ3) is 4.23. The molecule has 4 nitrogen and oxygen atoms in total. The zero-order valence-electron chi connectivity index (χ0n) is 14.1. The van der Waals surface area contributed by atoms with E-state index in [1.165, 1.54) is 11.8 Å². The van der Waals surface area contributed by atoms with E-state index in [0.717, 1.165) is 5.56 Å². The zero-order chi connectivity index (χ0) is 17.9. The smallest absolute Gasteiger partial charge is 0.266 e. The number of nitrogens with zero attached hydrogens (tertiary/aromatic N) is 1. The molecule has 24 heavy (non-hydrogen) atoms. The second-order valence-electron chi connectivity index (χ2n) is 5.36. The summed E-state index contributed by atoms with van der Waals surface area (Å²) < 4.78 is 12.0. The van der Waals surface area contributed by atoms with Crippen molar-refractivity contribution in [3.8, 4) is 11.5 Å². The van der Waals surface area contributed by atoms with Crippen LogP contribution >= 0.6 is 35.6 Å². The largest absolute Gasteiger partial charge is 0.490 e. The van der Waals surface area contributed by atoms with Crippen LogP contribution in [0.5, 0.6) is 11.5 Å². The first-order valence-corrected chi connectivity index (χ1v) is 9.36. The van der Waals surface area contributed by atoms with Gasteiger partial charge in [0.1, 0.15) is 4.32 Å². The van der Waals surface area contributed by atoms with Crippen molar-refractivity contribution in [3.05, 3.63) is 27.6 Å². The van der Waals surface area contributed by atoms with Gasteiger partial charge in [-0.15, -0.1) is 0 Å². The average molecular weight is 386 g/mol. The average Bonchev–Trinajstić information content (AvgIpc) is 2.76. The Kier molecular flexibility index (Phi) is 6.54. The number of hydrogen-bond acceptors (Lipinski definition) is 5. The third-order valence-corrected chi connectivity index (χ3v) is 4.83. The Labute approximate surface area is 157 Å². The molecular weight excluding hydrogens is 366 g/mol. The predicted octanol–water partition coefficient (Wildman–Crippen LogP) is 4.75. The number of benzene rings is 1. The van der Waals surface area contributed by atoms with E-state index in [2.05, 4.69) is 0 Å². The van der Waals surface area contributed by atoms with Crippen LogP contribution in [-0.4, -0.2) is 34.4 Å². The standard InChI is InChI=1S/C17H20ClNO3S2/c1-5-19-16(20)14(24-17(19)23)9-11-7-12(18)15(22-10(3)4)13(8-11)21-6-2/h7-10H,5-6H2,1-4H3/b14-9-. The first-order valence-electron chi connectivity index (χ1n) is 7.75. The molecule has 2 rings (SSSR count). The van der Waals surface area contributed by atoms with Crippen LogP contribution in [0.4, 0.5) is 0 Å². The maximum Gasteiger partial charge on any atom is 0.266 e. The van der Waals surface area contributed by atoms with Crippen LogP contribution in [0.3, 0.4) is 0 Å². The van der Waals surface area contributed by atoms with Crippen LogP contribution in [0.25, 0.3) is 6.08 Å². The molecule has 1 aliphatic rings.